The highest BCUT2D eigenvalue weighted by Gasteiger charge is 2.61. The molecule has 0 aromatic carbocycles. The number of aliphatic hydroxyl groups excluding tert-OH is 2. The highest BCUT2D eigenvalue weighted by atomic mass is 16.5. The predicted molar refractivity (Wildman–Crippen MR) is 84.1 cm³/mol. The zero-order chi connectivity index (χ0) is 15.9. The summed E-state index contributed by atoms with van der Waals surface area (Å²) in [7, 11) is 0. The van der Waals surface area contributed by atoms with Crippen LogP contribution in [0.15, 0.2) is 0 Å². The molecule has 0 saturated heterocycles. The van der Waals surface area contributed by atoms with Gasteiger partial charge in [-0.2, -0.15) is 0 Å². The van der Waals surface area contributed by atoms with Crippen LogP contribution in [0.3, 0.4) is 0 Å². The third-order valence-corrected chi connectivity index (χ3v) is 6.42. The normalized spacial score (nSPS) is 36.1. The van der Waals surface area contributed by atoms with Crippen LogP contribution in [0, 0.1) is 16.7 Å². The summed E-state index contributed by atoms with van der Waals surface area (Å²) in [6.45, 7) is 11.8. The largest absolute Gasteiger partial charge is 0.394 e. The minimum atomic E-state index is -0.526. The Bertz CT molecular complexity index is 369. The fourth-order valence-corrected chi connectivity index (χ4v) is 4.12. The van der Waals surface area contributed by atoms with E-state index in [-0.39, 0.29) is 23.7 Å². The van der Waals surface area contributed by atoms with Crippen LogP contribution in [0.2, 0.25) is 0 Å². The van der Waals surface area contributed by atoms with Gasteiger partial charge in [0.2, 0.25) is 0 Å². The first-order valence-electron chi connectivity index (χ1n) is 8.28. The van der Waals surface area contributed by atoms with Gasteiger partial charge in [-0.1, -0.05) is 20.8 Å². The summed E-state index contributed by atoms with van der Waals surface area (Å²) in [5, 5.41) is 22.4. The number of fused-ring (bicyclic) bond motifs is 2. The summed E-state index contributed by atoms with van der Waals surface area (Å²) >= 11 is 0. The number of aliphatic hydroxyl groups is 2. The van der Waals surface area contributed by atoms with E-state index in [0.29, 0.717) is 18.6 Å². The first kappa shape index (κ1) is 17.2. The molecule has 2 saturated carbocycles. The number of hydrogen-bond donors (Lipinski definition) is 3. The van der Waals surface area contributed by atoms with Crippen LogP contribution >= 0.6 is 0 Å². The van der Waals surface area contributed by atoms with Gasteiger partial charge in [-0.25, -0.2) is 0 Å². The number of nitrogens with one attached hydrogen (secondary N) is 1. The summed E-state index contributed by atoms with van der Waals surface area (Å²) in [5.74, 6) is 0.760. The van der Waals surface area contributed by atoms with Gasteiger partial charge < -0.3 is 20.3 Å². The smallest absolute Gasteiger partial charge is 0.0898 e. The Morgan fingerprint density at radius 3 is 2.48 bits per heavy atom. The van der Waals surface area contributed by atoms with Crippen molar-refractivity contribution in [3.63, 3.8) is 0 Å². The van der Waals surface area contributed by atoms with E-state index in [1.165, 1.54) is 12.8 Å². The van der Waals surface area contributed by atoms with Crippen LogP contribution < -0.4 is 5.32 Å². The van der Waals surface area contributed by atoms with E-state index < -0.39 is 6.10 Å². The van der Waals surface area contributed by atoms with Crippen LogP contribution in [0.5, 0.6) is 0 Å². The Labute approximate surface area is 129 Å². The first-order valence-corrected chi connectivity index (χ1v) is 8.28. The zero-order valence-corrected chi connectivity index (χ0v) is 14.3. The molecule has 0 radical (unpaired) electrons. The number of hydrogen-bond acceptors (Lipinski definition) is 4. The fourth-order valence-electron chi connectivity index (χ4n) is 4.12. The van der Waals surface area contributed by atoms with Crippen molar-refractivity contribution in [3.8, 4) is 0 Å². The molecule has 4 atom stereocenters. The van der Waals surface area contributed by atoms with E-state index in [1.807, 2.05) is 13.8 Å². The van der Waals surface area contributed by atoms with Gasteiger partial charge >= 0.3 is 0 Å². The van der Waals surface area contributed by atoms with Gasteiger partial charge in [-0.05, 0) is 49.9 Å². The molecule has 4 heteroatoms. The van der Waals surface area contributed by atoms with Gasteiger partial charge in [0.15, 0.2) is 0 Å². The summed E-state index contributed by atoms with van der Waals surface area (Å²) in [6, 6.07) is 0. The fraction of sp³-hybridized carbons (Fsp3) is 1.00. The Morgan fingerprint density at radius 2 is 2.00 bits per heavy atom. The van der Waals surface area contributed by atoms with Crippen molar-refractivity contribution < 1.29 is 14.9 Å². The van der Waals surface area contributed by atoms with Gasteiger partial charge in [0, 0.05) is 12.1 Å². The molecular formula is C17H33NO3. The Kier molecular flexibility index (Phi) is 4.75. The second-order valence-electron chi connectivity index (χ2n) is 8.51. The molecule has 2 rings (SSSR count). The molecule has 2 aliphatic carbocycles. The average Bonchev–Trinajstić information content (AvgIpc) is 2.75. The molecule has 0 aromatic rings. The lowest BCUT2D eigenvalue weighted by Crippen LogP contribution is -2.47. The van der Waals surface area contributed by atoms with Gasteiger partial charge in [0.25, 0.3) is 0 Å². The standard InChI is InChI=1S/C17H33NO3/c1-15(2,11-19)18-9-13(20)10-21-14-8-12-6-7-17(14,5)16(12,3)4/h12-14,18-20H,6-11H2,1-5H3/t12-,13-,14-,17-/m1/s1. The van der Waals surface area contributed by atoms with Crippen LogP contribution in [0.1, 0.15) is 53.9 Å². The Morgan fingerprint density at radius 1 is 1.33 bits per heavy atom. The molecule has 2 aliphatic rings. The molecule has 0 heterocycles. The van der Waals surface area contributed by atoms with Crippen LogP contribution in [-0.4, -0.2) is 47.7 Å². The van der Waals surface area contributed by atoms with E-state index in [9.17, 15) is 10.2 Å². The quantitative estimate of drug-likeness (QED) is 0.672. The second kappa shape index (κ2) is 5.80. The Hall–Kier alpha value is -0.160. The third kappa shape index (κ3) is 3.14. The van der Waals surface area contributed by atoms with Crippen molar-refractivity contribution in [1.82, 2.24) is 5.32 Å². The summed E-state index contributed by atoms with van der Waals surface area (Å²) < 4.78 is 6.08. The maximum Gasteiger partial charge on any atom is 0.0898 e. The SMILES string of the molecule is CC(C)(CO)NC[C@@H](O)CO[C@@H]1C[C@H]2CC[C@@]1(C)C2(C)C. The van der Waals surface area contributed by atoms with Crippen molar-refractivity contribution in [2.45, 2.75) is 71.6 Å². The molecule has 0 unspecified atom stereocenters. The van der Waals surface area contributed by atoms with Crippen molar-refractivity contribution in [1.29, 1.82) is 0 Å². The lowest BCUT2D eigenvalue weighted by molar-refractivity contribution is -0.0751. The molecule has 0 amide bonds. The predicted octanol–water partition coefficient (Wildman–Crippen LogP) is 1.94. The maximum atomic E-state index is 10.1. The second-order valence-corrected chi connectivity index (χ2v) is 8.51. The molecule has 2 fully saturated rings. The topological polar surface area (TPSA) is 61.7 Å². The van der Waals surface area contributed by atoms with Crippen molar-refractivity contribution >= 4 is 0 Å². The van der Waals surface area contributed by atoms with Crippen LogP contribution in [0.4, 0.5) is 0 Å². The Balaban J connectivity index is 1.80. The molecular weight excluding hydrogens is 266 g/mol. The first-order chi connectivity index (χ1) is 9.62. The number of β-amino-alcohol motifs (C(OH)–C–C–N with tert-alkyl or cyclic N) is 1. The molecule has 0 aliphatic heterocycles. The van der Waals surface area contributed by atoms with E-state index in [0.717, 1.165) is 12.3 Å². The molecule has 0 spiro atoms. The van der Waals surface area contributed by atoms with E-state index in [4.69, 9.17) is 4.74 Å². The zero-order valence-electron chi connectivity index (χ0n) is 14.3. The van der Waals surface area contributed by atoms with Crippen molar-refractivity contribution in [2.75, 3.05) is 19.8 Å². The maximum absolute atomic E-state index is 10.1. The van der Waals surface area contributed by atoms with Crippen molar-refractivity contribution in [2.24, 2.45) is 16.7 Å². The average molecular weight is 299 g/mol. The van der Waals surface area contributed by atoms with E-state index >= 15 is 0 Å². The van der Waals surface area contributed by atoms with Crippen molar-refractivity contribution in [3.05, 3.63) is 0 Å². The highest BCUT2D eigenvalue weighted by molar-refractivity contribution is 5.11. The van der Waals surface area contributed by atoms with Gasteiger partial charge in [-0.15, -0.1) is 0 Å². The summed E-state index contributed by atoms with van der Waals surface area (Å²) in [5.41, 5.74) is 0.232. The molecule has 2 bridgehead atoms. The molecule has 124 valence electrons. The van der Waals surface area contributed by atoms with E-state index in [2.05, 4.69) is 26.1 Å². The monoisotopic (exact) mass is 299 g/mol. The third-order valence-electron chi connectivity index (χ3n) is 6.42. The highest BCUT2D eigenvalue weighted by Crippen LogP contribution is 2.66. The minimum absolute atomic E-state index is 0.0527. The molecule has 0 aromatic heterocycles. The van der Waals surface area contributed by atoms with Crippen LogP contribution in [-0.2, 0) is 4.74 Å². The number of rotatable bonds is 7. The lowest BCUT2D eigenvalue weighted by atomic mass is 9.70. The summed E-state index contributed by atoms with van der Waals surface area (Å²) in [4.78, 5) is 0. The van der Waals surface area contributed by atoms with Crippen LogP contribution in [0.25, 0.3) is 0 Å². The number of ether oxygens (including phenoxy) is 1. The van der Waals surface area contributed by atoms with Gasteiger partial charge in [0.05, 0.1) is 25.4 Å². The molecule has 3 N–H and O–H groups in total. The van der Waals surface area contributed by atoms with Gasteiger partial charge in [0.1, 0.15) is 0 Å². The van der Waals surface area contributed by atoms with E-state index in [1.54, 1.807) is 0 Å². The minimum Gasteiger partial charge on any atom is -0.394 e. The van der Waals surface area contributed by atoms with Gasteiger partial charge in [-0.3, -0.25) is 0 Å². The molecule has 4 nitrogen and oxygen atoms in total. The summed E-state index contributed by atoms with van der Waals surface area (Å²) in [6.07, 6.45) is 3.43. The molecule has 21 heavy (non-hydrogen) atoms. The lowest BCUT2D eigenvalue weighted by Gasteiger charge is -2.39.